The Morgan fingerprint density at radius 1 is 0.279 bits per heavy atom. The summed E-state index contributed by atoms with van der Waals surface area (Å²) in [7, 11) is -3.19. The summed E-state index contributed by atoms with van der Waals surface area (Å²) in [6.07, 6.45) is 10.4. The monoisotopic (exact) mass is 892 g/mol. The molecule has 0 N–H and O–H groups in total. The van der Waals surface area contributed by atoms with Crippen LogP contribution in [0.25, 0.3) is 0 Å². The molecule has 10 rings (SSSR count). The molecule has 0 amide bonds. The molecular formula is C67H60Si. The number of benzene rings is 9. The number of allylic oxidation sites excluding steroid dienone is 4. The molecule has 0 spiro atoms. The minimum atomic E-state index is -3.19. The summed E-state index contributed by atoms with van der Waals surface area (Å²) in [5.74, 6) is 0.320. The standard InChI is InChI=1S/C67H60Si/c1-50-33-51(2)67(34-50)68(64-44-58(35-52-21-9-3-10-22-52)41-59(45-64)36-53-23-11-4-12-24-53,65-46-60(37-54-25-13-5-14-26-54)42-61(47-65)38-55-27-15-6-16-28-55)66-48-62(39-56-29-17-7-18-30-56)43-63(49-66)40-57-31-19-8-20-32-57/h3-34,41-50H,35-40H2,1-2H3. The molecule has 0 bridgehead atoms. The molecular weight excluding hydrogens is 833 g/mol. The molecule has 0 heterocycles. The van der Waals surface area contributed by atoms with Crippen molar-refractivity contribution >= 4 is 23.6 Å². The molecule has 1 aliphatic rings. The molecule has 9 aromatic carbocycles. The van der Waals surface area contributed by atoms with E-state index < -0.39 is 8.07 Å². The molecule has 1 atom stereocenters. The van der Waals surface area contributed by atoms with Crippen molar-refractivity contribution < 1.29 is 0 Å². The first kappa shape index (κ1) is 44.5. The molecule has 0 saturated heterocycles. The predicted octanol–water partition coefficient (Wildman–Crippen LogP) is 13.8. The Morgan fingerprint density at radius 2 is 0.500 bits per heavy atom. The van der Waals surface area contributed by atoms with Crippen molar-refractivity contribution in [3.63, 3.8) is 0 Å². The topological polar surface area (TPSA) is 0 Å². The Morgan fingerprint density at radius 3 is 0.691 bits per heavy atom. The lowest BCUT2D eigenvalue weighted by atomic mass is 9.99. The molecule has 0 radical (unpaired) electrons. The lowest BCUT2D eigenvalue weighted by Gasteiger charge is -2.38. The maximum atomic E-state index is 2.64. The minimum Gasteiger partial charge on any atom is -0.0773 e. The lowest BCUT2D eigenvalue weighted by Crippen LogP contribution is -2.69. The molecule has 0 aromatic heterocycles. The number of rotatable bonds is 16. The highest BCUT2D eigenvalue weighted by Crippen LogP contribution is 2.34. The summed E-state index contributed by atoms with van der Waals surface area (Å²) in [4.78, 5) is 0. The highest BCUT2D eigenvalue weighted by molar-refractivity contribution is 7.16. The Kier molecular flexibility index (Phi) is 13.5. The molecule has 0 saturated carbocycles. The molecule has 1 unspecified atom stereocenters. The maximum absolute atomic E-state index is 3.19. The van der Waals surface area contributed by atoms with Crippen LogP contribution in [0, 0.1) is 5.92 Å². The van der Waals surface area contributed by atoms with Gasteiger partial charge in [-0.15, -0.1) is 0 Å². The van der Waals surface area contributed by atoms with E-state index in [1.807, 2.05) is 0 Å². The third kappa shape index (κ3) is 10.4. The summed E-state index contributed by atoms with van der Waals surface area (Å²) >= 11 is 0. The van der Waals surface area contributed by atoms with Gasteiger partial charge < -0.3 is 0 Å². The zero-order valence-corrected chi connectivity index (χ0v) is 40.5. The van der Waals surface area contributed by atoms with Crippen LogP contribution in [0.4, 0.5) is 0 Å². The maximum Gasteiger partial charge on any atom is 0.179 e. The third-order valence-corrected chi connectivity index (χ3v) is 18.6. The van der Waals surface area contributed by atoms with Crippen LogP contribution in [-0.2, 0) is 38.5 Å². The van der Waals surface area contributed by atoms with Gasteiger partial charge in [-0.05, 0) is 139 Å². The van der Waals surface area contributed by atoms with Gasteiger partial charge in [0.25, 0.3) is 0 Å². The van der Waals surface area contributed by atoms with Gasteiger partial charge in [0, 0.05) is 0 Å². The molecule has 1 aliphatic carbocycles. The van der Waals surface area contributed by atoms with E-state index in [0.29, 0.717) is 5.92 Å². The average molecular weight is 893 g/mol. The van der Waals surface area contributed by atoms with Gasteiger partial charge in [-0.1, -0.05) is 261 Å². The Hall–Kier alpha value is -7.32. The average Bonchev–Trinajstić information content (AvgIpc) is 3.70. The molecule has 0 fully saturated rings. The lowest BCUT2D eigenvalue weighted by molar-refractivity contribution is 0.954. The summed E-state index contributed by atoms with van der Waals surface area (Å²) in [6.45, 7) is 4.77. The van der Waals surface area contributed by atoms with Crippen molar-refractivity contribution in [3.8, 4) is 0 Å². The smallest absolute Gasteiger partial charge is 0.0773 e. The SMILES string of the molecule is CC1=CC(C)C=C1[Si](c1cc(Cc2ccccc2)cc(Cc2ccccc2)c1)(c1cc(Cc2ccccc2)cc(Cc2ccccc2)c1)c1cc(Cc2ccccc2)cc(Cc2ccccc2)c1. The van der Waals surface area contributed by atoms with Crippen LogP contribution >= 0.6 is 0 Å². The van der Waals surface area contributed by atoms with E-state index in [0.717, 1.165) is 38.5 Å². The molecule has 9 aromatic rings. The Balaban J connectivity index is 1.30. The van der Waals surface area contributed by atoms with E-state index in [-0.39, 0.29) is 0 Å². The zero-order valence-electron chi connectivity index (χ0n) is 39.5. The first-order valence-corrected chi connectivity index (χ1v) is 26.5. The van der Waals surface area contributed by atoms with E-state index in [2.05, 4.69) is 263 Å². The van der Waals surface area contributed by atoms with E-state index in [9.17, 15) is 0 Å². The van der Waals surface area contributed by atoms with Crippen molar-refractivity contribution in [1.29, 1.82) is 0 Å². The first-order valence-electron chi connectivity index (χ1n) is 24.5. The fourth-order valence-corrected chi connectivity index (χ4v) is 16.4. The molecule has 0 nitrogen and oxygen atoms in total. The summed E-state index contributed by atoms with van der Waals surface area (Å²) in [6, 6.07) is 89.7. The molecule has 1 heteroatoms. The van der Waals surface area contributed by atoms with Crippen LogP contribution in [0.5, 0.6) is 0 Å². The highest BCUT2D eigenvalue weighted by Gasteiger charge is 2.46. The molecule has 332 valence electrons. The second kappa shape index (κ2) is 20.7. The van der Waals surface area contributed by atoms with Crippen molar-refractivity contribution in [3.05, 3.63) is 326 Å². The fraction of sp³-hybridized carbons (Fsp3) is 0.134. The largest absolute Gasteiger partial charge is 0.179 e. The number of hydrogen-bond acceptors (Lipinski definition) is 0. The van der Waals surface area contributed by atoms with Crippen molar-refractivity contribution in [2.45, 2.75) is 52.4 Å². The van der Waals surface area contributed by atoms with E-state index in [1.54, 1.807) is 0 Å². The molecule has 68 heavy (non-hydrogen) atoms. The summed E-state index contributed by atoms with van der Waals surface area (Å²) < 4.78 is 0. The van der Waals surface area contributed by atoms with Crippen molar-refractivity contribution in [2.24, 2.45) is 5.92 Å². The molecule has 0 aliphatic heterocycles. The summed E-state index contributed by atoms with van der Waals surface area (Å²) in [5, 5.41) is 5.87. The van der Waals surface area contributed by atoms with Crippen LogP contribution in [0.2, 0.25) is 0 Å². The van der Waals surface area contributed by atoms with Crippen LogP contribution in [0.15, 0.2) is 260 Å². The van der Waals surface area contributed by atoms with E-state index in [4.69, 9.17) is 0 Å². The van der Waals surface area contributed by atoms with Crippen LogP contribution in [0.3, 0.4) is 0 Å². The second-order valence-electron chi connectivity index (χ2n) is 19.1. The minimum absolute atomic E-state index is 0.320. The van der Waals surface area contributed by atoms with Crippen LogP contribution < -0.4 is 15.6 Å². The van der Waals surface area contributed by atoms with Crippen molar-refractivity contribution in [1.82, 2.24) is 0 Å². The van der Waals surface area contributed by atoms with E-state index in [1.165, 1.54) is 93.1 Å². The summed E-state index contributed by atoms with van der Waals surface area (Å²) in [5.41, 5.74) is 17.6. The van der Waals surface area contributed by atoms with Gasteiger partial charge in [-0.3, -0.25) is 0 Å². The normalized spacial score (nSPS) is 13.5. The van der Waals surface area contributed by atoms with E-state index >= 15 is 0 Å². The highest BCUT2D eigenvalue weighted by atomic mass is 28.3. The van der Waals surface area contributed by atoms with Gasteiger partial charge in [0.1, 0.15) is 0 Å². The second-order valence-corrected chi connectivity index (χ2v) is 22.9. The van der Waals surface area contributed by atoms with Crippen LogP contribution in [0.1, 0.15) is 80.6 Å². The zero-order chi connectivity index (χ0) is 46.1. The van der Waals surface area contributed by atoms with Gasteiger partial charge in [-0.2, -0.15) is 0 Å². The van der Waals surface area contributed by atoms with Crippen molar-refractivity contribution in [2.75, 3.05) is 0 Å². The van der Waals surface area contributed by atoms with Crippen LogP contribution in [-0.4, -0.2) is 8.07 Å². The van der Waals surface area contributed by atoms with Gasteiger partial charge in [0.2, 0.25) is 0 Å². The Bertz CT molecular complexity index is 2660. The third-order valence-electron chi connectivity index (χ3n) is 13.7. The Labute approximate surface area is 406 Å². The quantitative estimate of drug-likeness (QED) is 0.0670. The van der Waals surface area contributed by atoms with Gasteiger partial charge >= 0.3 is 0 Å². The van der Waals surface area contributed by atoms with Gasteiger partial charge in [0.15, 0.2) is 8.07 Å². The fourth-order valence-electron chi connectivity index (χ4n) is 10.9. The van der Waals surface area contributed by atoms with Gasteiger partial charge in [-0.25, -0.2) is 0 Å². The number of hydrogen-bond donors (Lipinski definition) is 0. The predicted molar refractivity (Wildman–Crippen MR) is 290 cm³/mol. The van der Waals surface area contributed by atoms with Gasteiger partial charge in [0.05, 0.1) is 0 Å². The first-order chi connectivity index (χ1) is 33.4.